The predicted octanol–water partition coefficient (Wildman–Crippen LogP) is 3.26. The van der Waals surface area contributed by atoms with Crippen LogP contribution in [0.2, 0.25) is 0 Å². The monoisotopic (exact) mass is 274 g/mol. The van der Waals surface area contributed by atoms with Crippen molar-refractivity contribution >= 4 is 11.3 Å². The molecule has 1 heterocycles. The van der Waals surface area contributed by atoms with Crippen molar-refractivity contribution in [2.45, 2.75) is 13.3 Å². The Hall–Kier alpha value is -2.06. The summed E-state index contributed by atoms with van der Waals surface area (Å²) >= 11 is 1.38. The molecular weight excluding hydrogens is 260 g/mol. The van der Waals surface area contributed by atoms with Gasteiger partial charge in [0.2, 0.25) is 0 Å². The van der Waals surface area contributed by atoms with Crippen LogP contribution < -0.4 is 9.47 Å². The quantitative estimate of drug-likeness (QED) is 0.858. The number of nitrogens with zero attached hydrogens (tertiary/aromatic N) is 2. The van der Waals surface area contributed by atoms with Crippen LogP contribution in [-0.2, 0) is 6.42 Å². The van der Waals surface area contributed by atoms with Gasteiger partial charge in [0.15, 0.2) is 0 Å². The molecule has 5 heteroatoms. The molecule has 0 aliphatic rings. The predicted molar refractivity (Wildman–Crippen MR) is 74.7 cm³/mol. The SMILES string of the molecule is CCc1nc(-c2cc(OC)ccc2OC)sc1C#N. The van der Waals surface area contributed by atoms with Gasteiger partial charge in [0.05, 0.1) is 25.5 Å². The van der Waals surface area contributed by atoms with Gasteiger partial charge in [0.1, 0.15) is 27.5 Å². The number of aromatic nitrogens is 1. The fourth-order valence-electron chi connectivity index (χ4n) is 1.78. The summed E-state index contributed by atoms with van der Waals surface area (Å²) in [5.41, 5.74) is 1.68. The van der Waals surface area contributed by atoms with Crippen molar-refractivity contribution in [3.8, 4) is 28.1 Å². The molecule has 0 amide bonds. The van der Waals surface area contributed by atoms with Gasteiger partial charge in [-0.15, -0.1) is 11.3 Å². The molecule has 0 fully saturated rings. The van der Waals surface area contributed by atoms with Crippen LogP contribution in [0.25, 0.3) is 10.6 Å². The third-order valence-electron chi connectivity index (χ3n) is 2.77. The summed E-state index contributed by atoms with van der Waals surface area (Å²) in [7, 11) is 3.23. The minimum Gasteiger partial charge on any atom is -0.497 e. The van der Waals surface area contributed by atoms with Crippen LogP contribution in [0.4, 0.5) is 0 Å². The topological polar surface area (TPSA) is 55.1 Å². The Balaban J connectivity index is 2.57. The summed E-state index contributed by atoms with van der Waals surface area (Å²) in [6.07, 6.45) is 0.742. The lowest BCUT2D eigenvalue weighted by Gasteiger charge is -2.08. The molecule has 2 aromatic rings. The second-order valence-electron chi connectivity index (χ2n) is 3.83. The van der Waals surface area contributed by atoms with Crippen molar-refractivity contribution in [2.75, 3.05) is 14.2 Å². The number of hydrogen-bond donors (Lipinski definition) is 0. The van der Waals surface area contributed by atoms with Gasteiger partial charge in [-0.3, -0.25) is 0 Å². The van der Waals surface area contributed by atoms with Crippen molar-refractivity contribution in [3.63, 3.8) is 0 Å². The number of nitriles is 1. The first-order chi connectivity index (χ1) is 9.23. The molecule has 4 nitrogen and oxygen atoms in total. The Morgan fingerprint density at radius 3 is 2.63 bits per heavy atom. The standard InChI is InChI=1S/C14H14N2O2S/c1-4-11-13(8-15)19-14(16-11)10-7-9(17-2)5-6-12(10)18-3/h5-7H,4H2,1-3H3. The fourth-order valence-corrected chi connectivity index (χ4v) is 2.75. The van der Waals surface area contributed by atoms with Crippen LogP contribution in [0.3, 0.4) is 0 Å². The second kappa shape index (κ2) is 5.72. The maximum Gasteiger partial charge on any atom is 0.129 e. The Kier molecular flexibility index (Phi) is 4.03. The molecule has 0 atom stereocenters. The van der Waals surface area contributed by atoms with E-state index in [0.717, 1.165) is 34.2 Å². The van der Waals surface area contributed by atoms with Gasteiger partial charge in [0, 0.05) is 0 Å². The molecule has 0 bridgehead atoms. The van der Waals surface area contributed by atoms with Crippen LogP contribution in [0.5, 0.6) is 11.5 Å². The Morgan fingerprint density at radius 1 is 1.32 bits per heavy atom. The first-order valence-electron chi connectivity index (χ1n) is 5.85. The molecule has 98 valence electrons. The molecule has 0 spiro atoms. The molecule has 0 radical (unpaired) electrons. The van der Waals surface area contributed by atoms with Crippen molar-refractivity contribution in [1.29, 1.82) is 5.26 Å². The molecule has 0 N–H and O–H groups in total. The highest BCUT2D eigenvalue weighted by Crippen LogP contribution is 2.36. The van der Waals surface area contributed by atoms with Gasteiger partial charge in [-0.2, -0.15) is 5.26 Å². The first kappa shape index (κ1) is 13.4. The van der Waals surface area contributed by atoms with E-state index >= 15 is 0 Å². The normalized spacial score (nSPS) is 10.0. The van der Waals surface area contributed by atoms with Crippen molar-refractivity contribution in [1.82, 2.24) is 4.98 Å². The zero-order valence-corrected chi connectivity index (χ0v) is 11.9. The molecule has 2 rings (SSSR count). The van der Waals surface area contributed by atoms with Crippen LogP contribution in [-0.4, -0.2) is 19.2 Å². The van der Waals surface area contributed by atoms with Crippen molar-refractivity contribution in [2.24, 2.45) is 0 Å². The zero-order chi connectivity index (χ0) is 13.8. The Labute approximate surface area is 116 Å². The van der Waals surface area contributed by atoms with Crippen LogP contribution >= 0.6 is 11.3 Å². The molecule has 0 unspecified atom stereocenters. The average molecular weight is 274 g/mol. The third kappa shape index (κ3) is 2.54. The Bertz CT molecular complexity index is 629. The molecule has 1 aromatic carbocycles. The van der Waals surface area contributed by atoms with Crippen LogP contribution in [0, 0.1) is 11.3 Å². The van der Waals surface area contributed by atoms with E-state index in [1.54, 1.807) is 14.2 Å². The number of aryl methyl sites for hydroxylation is 1. The lowest BCUT2D eigenvalue weighted by molar-refractivity contribution is 0.404. The lowest BCUT2D eigenvalue weighted by atomic mass is 10.2. The van der Waals surface area contributed by atoms with Gasteiger partial charge < -0.3 is 9.47 Å². The van der Waals surface area contributed by atoms with E-state index in [2.05, 4.69) is 11.1 Å². The summed E-state index contributed by atoms with van der Waals surface area (Å²) in [6.45, 7) is 1.99. The minimum absolute atomic E-state index is 0.655. The van der Waals surface area contributed by atoms with E-state index in [1.807, 2.05) is 25.1 Å². The molecule has 0 aliphatic carbocycles. The number of thiazole rings is 1. The number of ether oxygens (including phenoxy) is 2. The Morgan fingerprint density at radius 2 is 2.11 bits per heavy atom. The van der Waals surface area contributed by atoms with E-state index in [9.17, 15) is 0 Å². The fraction of sp³-hybridized carbons (Fsp3) is 0.286. The molecule has 1 aromatic heterocycles. The van der Waals surface area contributed by atoms with E-state index in [4.69, 9.17) is 14.7 Å². The maximum atomic E-state index is 9.10. The average Bonchev–Trinajstić information content (AvgIpc) is 2.89. The molecule has 0 saturated carbocycles. The minimum atomic E-state index is 0.655. The zero-order valence-electron chi connectivity index (χ0n) is 11.1. The van der Waals surface area contributed by atoms with Gasteiger partial charge in [-0.1, -0.05) is 6.92 Å². The smallest absolute Gasteiger partial charge is 0.129 e. The first-order valence-corrected chi connectivity index (χ1v) is 6.67. The van der Waals surface area contributed by atoms with Gasteiger partial charge in [-0.05, 0) is 24.6 Å². The summed E-state index contributed by atoms with van der Waals surface area (Å²) in [6, 6.07) is 7.74. The second-order valence-corrected chi connectivity index (χ2v) is 4.83. The van der Waals surface area contributed by atoms with Gasteiger partial charge >= 0.3 is 0 Å². The van der Waals surface area contributed by atoms with E-state index in [1.165, 1.54) is 11.3 Å². The van der Waals surface area contributed by atoms with E-state index in [0.29, 0.717) is 4.88 Å². The largest absolute Gasteiger partial charge is 0.497 e. The number of methoxy groups -OCH3 is 2. The number of rotatable bonds is 4. The maximum absolute atomic E-state index is 9.10. The van der Waals surface area contributed by atoms with Gasteiger partial charge in [-0.25, -0.2) is 4.98 Å². The van der Waals surface area contributed by atoms with Crippen molar-refractivity contribution < 1.29 is 9.47 Å². The third-order valence-corrected chi connectivity index (χ3v) is 3.81. The highest BCUT2D eigenvalue weighted by atomic mass is 32.1. The molecular formula is C14H14N2O2S. The summed E-state index contributed by atoms with van der Waals surface area (Å²) in [5.74, 6) is 1.46. The lowest BCUT2D eigenvalue weighted by Crippen LogP contribution is -1.90. The number of benzene rings is 1. The van der Waals surface area contributed by atoms with Crippen LogP contribution in [0.15, 0.2) is 18.2 Å². The summed E-state index contributed by atoms with van der Waals surface area (Å²) < 4.78 is 10.6. The highest BCUT2D eigenvalue weighted by molar-refractivity contribution is 7.15. The van der Waals surface area contributed by atoms with Gasteiger partial charge in [0.25, 0.3) is 0 Å². The van der Waals surface area contributed by atoms with Crippen molar-refractivity contribution in [3.05, 3.63) is 28.8 Å². The van der Waals surface area contributed by atoms with Crippen LogP contribution in [0.1, 0.15) is 17.5 Å². The molecule has 0 aliphatic heterocycles. The van der Waals surface area contributed by atoms with E-state index in [-0.39, 0.29) is 0 Å². The van der Waals surface area contributed by atoms with E-state index < -0.39 is 0 Å². The number of hydrogen-bond acceptors (Lipinski definition) is 5. The summed E-state index contributed by atoms with van der Waals surface area (Å²) in [5, 5.41) is 9.88. The summed E-state index contributed by atoms with van der Waals surface area (Å²) in [4.78, 5) is 5.17. The highest BCUT2D eigenvalue weighted by Gasteiger charge is 2.15. The molecule has 0 saturated heterocycles. The molecule has 19 heavy (non-hydrogen) atoms.